The molecule has 0 bridgehead atoms. The Morgan fingerprint density at radius 3 is 2.62 bits per heavy atom. The maximum absolute atomic E-state index is 12.2. The number of carboxylic acid groups (broad SMARTS) is 1. The van der Waals surface area contributed by atoms with Gasteiger partial charge in [0.25, 0.3) is 0 Å². The van der Waals surface area contributed by atoms with Crippen molar-refractivity contribution in [2.24, 2.45) is 0 Å². The summed E-state index contributed by atoms with van der Waals surface area (Å²) in [4.78, 5) is 26.2. The van der Waals surface area contributed by atoms with Crippen molar-refractivity contribution >= 4 is 23.5 Å². The molecule has 0 unspecified atom stereocenters. The molecular formula is C15H21ClN2O3. The molecule has 0 fully saturated rings. The van der Waals surface area contributed by atoms with Crippen LogP contribution >= 0.6 is 11.6 Å². The summed E-state index contributed by atoms with van der Waals surface area (Å²) in [6.07, 6.45) is 0.0408. The van der Waals surface area contributed by atoms with E-state index in [-0.39, 0.29) is 18.9 Å². The van der Waals surface area contributed by atoms with E-state index < -0.39 is 5.97 Å². The third-order valence-corrected chi connectivity index (χ3v) is 3.42. The van der Waals surface area contributed by atoms with Gasteiger partial charge in [-0.25, -0.2) is 0 Å². The van der Waals surface area contributed by atoms with Crippen LogP contribution in [-0.4, -0.2) is 53.5 Å². The van der Waals surface area contributed by atoms with Crippen LogP contribution in [0.3, 0.4) is 0 Å². The van der Waals surface area contributed by atoms with Crippen LogP contribution in [0.5, 0.6) is 0 Å². The Morgan fingerprint density at radius 1 is 1.33 bits per heavy atom. The van der Waals surface area contributed by atoms with Crippen LogP contribution in [-0.2, 0) is 16.1 Å². The molecule has 116 valence electrons. The molecule has 1 aromatic carbocycles. The SMILES string of the molecule is CCN(CCC(=O)O)CC(=O)N(C)Cc1cccc(Cl)c1. The van der Waals surface area contributed by atoms with Crippen molar-refractivity contribution in [1.29, 1.82) is 0 Å². The van der Waals surface area contributed by atoms with Gasteiger partial charge in [-0.3, -0.25) is 14.5 Å². The maximum Gasteiger partial charge on any atom is 0.304 e. The first kappa shape index (κ1) is 17.5. The van der Waals surface area contributed by atoms with Crippen molar-refractivity contribution < 1.29 is 14.7 Å². The Kier molecular flexibility index (Phi) is 7.19. The normalized spacial score (nSPS) is 10.7. The van der Waals surface area contributed by atoms with Crippen LogP contribution in [0.1, 0.15) is 18.9 Å². The number of rotatable bonds is 8. The lowest BCUT2D eigenvalue weighted by atomic mass is 10.2. The molecule has 0 aromatic heterocycles. The van der Waals surface area contributed by atoms with Crippen molar-refractivity contribution in [3.8, 4) is 0 Å². The fraction of sp³-hybridized carbons (Fsp3) is 0.467. The van der Waals surface area contributed by atoms with Gasteiger partial charge in [-0.2, -0.15) is 0 Å². The fourth-order valence-electron chi connectivity index (χ4n) is 1.91. The monoisotopic (exact) mass is 312 g/mol. The van der Waals surface area contributed by atoms with Gasteiger partial charge in [0.05, 0.1) is 13.0 Å². The average Bonchev–Trinajstić information content (AvgIpc) is 2.42. The minimum Gasteiger partial charge on any atom is -0.481 e. The van der Waals surface area contributed by atoms with E-state index in [1.807, 2.05) is 30.0 Å². The molecule has 5 nitrogen and oxygen atoms in total. The molecule has 1 rings (SSSR count). The molecule has 0 aliphatic heterocycles. The number of carbonyl (C=O) groups excluding carboxylic acids is 1. The Labute approximate surface area is 130 Å². The summed E-state index contributed by atoms with van der Waals surface area (Å²) in [5, 5.41) is 9.33. The lowest BCUT2D eigenvalue weighted by molar-refractivity contribution is -0.138. The number of halogens is 1. The van der Waals surface area contributed by atoms with Gasteiger partial charge in [-0.15, -0.1) is 0 Å². The Balaban J connectivity index is 2.51. The van der Waals surface area contributed by atoms with Gasteiger partial charge < -0.3 is 10.0 Å². The lowest BCUT2D eigenvalue weighted by Gasteiger charge is -2.23. The third-order valence-electron chi connectivity index (χ3n) is 3.18. The smallest absolute Gasteiger partial charge is 0.304 e. The number of amides is 1. The summed E-state index contributed by atoms with van der Waals surface area (Å²) in [5.41, 5.74) is 0.965. The largest absolute Gasteiger partial charge is 0.481 e. The molecule has 0 heterocycles. The summed E-state index contributed by atoms with van der Waals surface area (Å²) < 4.78 is 0. The van der Waals surface area contributed by atoms with Crippen molar-refractivity contribution in [1.82, 2.24) is 9.80 Å². The van der Waals surface area contributed by atoms with Crippen molar-refractivity contribution in [3.05, 3.63) is 34.9 Å². The summed E-state index contributed by atoms with van der Waals surface area (Å²) in [5.74, 6) is -0.893. The van der Waals surface area contributed by atoms with Gasteiger partial charge >= 0.3 is 5.97 Å². The molecule has 0 radical (unpaired) electrons. The van der Waals surface area contributed by atoms with Gasteiger partial charge in [-0.1, -0.05) is 30.7 Å². The fourth-order valence-corrected chi connectivity index (χ4v) is 2.12. The van der Waals surface area contributed by atoms with Crippen LogP contribution in [0.15, 0.2) is 24.3 Å². The second kappa shape index (κ2) is 8.64. The molecule has 0 saturated carbocycles. The molecular weight excluding hydrogens is 292 g/mol. The van der Waals surface area contributed by atoms with Gasteiger partial charge in [0, 0.05) is 25.2 Å². The topological polar surface area (TPSA) is 60.9 Å². The minimum absolute atomic E-state index is 0.0396. The molecule has 1 N–H and O–H groups in total. The number of carbonyl (C=O) groups is 2. The highest BCUT2D eigenvalue weighted by molar-refractivity contribution is 6.30. The highest BCUT2D eigenvalue weighted by Crippen LogP contribution is 2.12. The second-order valence-electron chi connectivity index (χ2n) is 4.89. The molecule has 1 aromatic rings. The molecule has 21 heavy (non-hydrogen) atoms. The zero-order valence-electron chi connectivity index (χ0n) is 12.4. The first-order chi connectivity index (χ1) is 9.92. The van der Waals surface area contributed by atoms with E-state index in [2.05, 4.69) is 0 Å². The van der Waals surface area contributed by atoms with E-state index in [0.717, 1.165) is 5.56 Å². The van der Waals surface area contributed by atoms with Crippen molar-refractivity contribution in [3.63, 3.8) is 0 Å². The molecule has 6 heteroatoms. The first-order valence-electron chi connectivity index (χ1n) is 6.85. The van der Waals surface area contributed by atoms with Crippen LogP contribution in [0.25, 0.3) is 0 Å². The predicted octanol–water partition coefficient (Wildman–Crippen LogP) is 2.09. The highest BCUT2D eigenvalue weighted by atomic mass is 35.5. The first-order valence-corrected chi connectivity index (χ1v) is 7.22. The van der Waals surface area contributed by atoms with E-state index >= 15 is 0 Å². The van der Waals surface area contributed by atoms with E-state index in [9.17, 15) is 9.59 Å². The number of hydrogen-bond donors (Lipinski definition) is 1. The van der Waals surface area contributed by atoms with Crippen LogP contribution in [0.2, 0.25) is 5.02 Å². The molecule has 0 aliphatic rings. The van der Waals surface area contributed by atoms with Crippen molar-refractivity contribution in [2.45, 2.75) is 19.9 Å². The molecule has 0 saturated heterocycles. The summed E-state index contributed by atoms with van der Waals surface area (Å²) >= 11 is 5.92. The number of nitrogens with zero attached hydrogens (tertiary/aromatic N) is 2. The predicted molar refractivity (Wildman–Crippen MR) is 82.3 cm³/mol. The Bertz CT molecular complexity index is 494. The van der Waals surface area contributed by atoms with Crippen molar-refractivity contribution in [2.75, 3.05) is 26.7 Å². The number of likely N-dealkylation sites (N-methyl/N-ethyl adjacent to an activating group) is 2. The molecule has 0 spiro atoms. The van der Waals surface area contributed by atoms with E-state index in [0.29, 0.717) is 24.7 Å². The van der Waals surface area contributed by atoms with Crippen LogP contribution in [0.4, 0.5) is 0 Å². The zero-order valence-corrected chi connectivity index (χ0v) is 13.1. The number of aliphatic carboxylic acids is 1. The number of benzene rings is 1. The van der Waals surface area contributed by atoms with Gasteiger partial charge in [0.1, 0.15) is 0 Å². The van der Waals surface area contributed by atoms with Gasteiger partial charge in [-0.05, 0) is 24.2 Å². The highest BCUT2D eigenvalue weighted by Gasteiger charge is 2.14. The van der Waals surface area contributed by atoms with Gasteiger partial charge in [0.2, 0.25) is 5.91 Å². The molecule has 0 aliphatic carbocycles. The van der Waals surface area contributed by atoms with Crippen LogP contribution < -0.4 is 0 Å². The standard InChI is InChI=1S/C15H21ClN2O3/c1-3-18(8-7-15(20)21)11-14(19)17(2)10-12-5-4-6-13(16)9-12/h4-6,9H,3,7-8,10-11H2,1-2H3,(H,20,21). The van der Waals surface area contributed by atoms with Crippen LogP contribution in [0, 0.1) is 0 Å². The number of hydrogen-bond acceptors (Lipinski definition) is 3. The third kappa shape index (κ3) is 6.60. The van der Waals surface area contributed by atoms with E-state index in [1.54, 1.807) is 18.0 Å². The molecule has 0 atom stereocenters. The molecule has 1 amide bonds. The van der Waals surface area contributed by atoms with E-state index in [4.69, 9.17) is 16.7 Å². The minimum atomic E-state index is -0.854. The summed E-state index contributed by atoms with van der Waals surface area (Å²) in [7, 11) is 1.73. The Hall–Kier alpha value is -1.59. The summed E-state index contributed by atoms with van der Waals surface area (Å²) in [6, 6.07) is 7.38. The Morgan fingerprint density at radius 2 is 2.05 bits per heavy atom. The number of carboxylic acids is 1. The zero-order chi connectivity index (χ0) is 15.8. The second-order valence-corrected chi connectivity index (χ2v) is 5.33. The van der Waals surface area contributed by atoms with Gasteiger partial charge in [0.15, 0.2) is 0 Å². The lowest BCUT2D eigenvalue weighted by Crippen LogP contribution is -2.38. The summed E-state index contributed by atoms with van der Waals surface area (Å²) in [6.45, 7) is 3.63. The average molecular weight is 313 g/mol. The van der Waals surface area contributed by atoms with E-state index in [1.165, 1.54) is 0 Å². The quantitative estimate of drug-likeness (QED) is 0.798. The maximum atomic E-state index is 12.2.